The zero-order valence-corrected chi connectivity index (χ0v) is 14.0. The van der Waals surface area contributed by atoms with E-state index < -0.39 is 0 Å². The highest BCUT2D eigenvalue weighted by Crippen LogP contribution is 2.25. The summed E-state index contributed by atoms with van der Waals surface area (Å²) in [5.74, 6) is -0.328. The Labute approximate surface area is 147 Å². The van der Waals surface area contributed by atoms with Gasteiger partial charge in [-0.25, -0.2) is 4.79 Å². The Bertz CT molecular complexity index is 801. The highest BCUT2D eigenvalue weighted by molar-refractivity contribution is 5.89. The Balaban J connectivity index is 1.88. The van der Waals surface area contributed by atoms with E-state index in [-0.39, 0.29) is 5.97 Å². The molecule has 0 amide bonds. The average Bonchev–Trinajstić information content (AvgIpc) is 2.70. The maximum Gasteiger partial charge on any atom is 0.337 e. The minimum atomic E-state index is -0.328. The Morgan fingerprint density at radius 1 is 0.800 bits per heavy atom. The van der Waals surface area contributed by atoms with Crippen LogP contribution in [0.3, 0.4) is 0 Å². The predicted molar refractivity (Wildman–Crippen MR) is 102 cm³/mol. The van der Waals surface area contributed by atoms with Gasteiger partial charge in [-0.15, -0.1) is 0 Å². The summed E-state index contributed by atoms with van der Waals surface area (Å²) >= 11 is 0. The molecule has 0 aromatic heterocycles. The minimum Gasteiger partial charge on any atom is -0.465 e. The van der Waals surface area contributed by atoms with Gasteiger partial charge in [0.05, 0.1) is 12.7 Å². The molecule has 0 N–H and O–H groups in total. The molecule has 0 atom stereocenters. The Morgan fingerprint density at radius 3 is 1.80 bits per heavy atom. The third-order valence-corrected chi connectivity index (χ3v) is 3.82. The molecule has 0 bridgehead atoms. The number of carbonyl (C=O) groups excluding carboxylic acids is 1. The number of esters is 1. The van der Waals surface area contributed by atoms with E-state index >= 15 is 0 Å². The van der Waals surface area contributed by atoms with Crippen molar-refractivity contribution in [1.29, 1.82) is 0 Å². The molecule has 25 heavy (non-hydrogen) atoms. The molecule has 0 aliphatic heterocycles. The molecule has 0 heterocycles. The molecule has 3 aromatic carbocycles. The van der Waals surface area contributed by atoms with Crippen molar-refractivity contribution in [3.05, 3.63) is 102 Å². The van der Waals surface area contributed by atoms with Crippen LogP contribution >= 0.6 is 0 Å². The molecule has 3 heteroatoms. The van der Waals surface area contributed by atoms with Crippen LogP contribution in [-0.4, -0.2) is 13.1 Å². The number of benzene rings is 3. The standard InChI is InChI=1S/C22H19NO2/c1-25-22(24)19-14-12-18(13-15-19)16-17-23(20-8-4-2-5-9-20)21-10-6-3-7-11-21/h2-17H,1H3/b17-16+. The van der Waals surface area contributed by atoms with Crippen LogP contribution in [0, 0.1) is 0 Å². The summed E-state index contributed by atoms with van der Waals surface area (Å²) in [6.07, 6.45) is 4.04. The van der Waals surface area contributed by atoms with Gasteiger partial charge >= 0.3 is 5.97 Å². The quantitative estimate of drug-likeness (QED) is 0.596. The number of hydrogen-bond acceptors (Lipinski definition) is 3. The van der Waals surface area contributed by atoms with Crippen LogP contribution in [-0.2, 0) is 4.74 Å². The van der Waals surface area contributed by atoms with Gasteiger partial charge in [0.15, 0.2) is 0 Å². The van der Waals surface area contributed by atoms with E-state index in [1.54, 1.807) is 12.1 Å². The van der Waals surface area contributed by atoms with Crippen molar-refractivity contribution in [2.75, 3.05) is 12.0 Å². The normalized spacial score (nSPS) is 10.6. The molecule has 124 valence electrons. The fraction of sp³-hybridized carbons (Fsp3) is 0.0455. The van der Waals surface area contributed by atoms with Crippen molar-refractivity contribution < 1.29 is 9.53 Å². The number of rotatable bonds is 5. The molecule has 0 unspecified atom stereocenters. The number of ether oxygens (including phenoxy) is 1. The molecule has 3 rings (SSSR count). The zero-order chi connectivity index (χ0) is 17.5. The van der Waals surface area contributed by atoms with Gasteiger partial charge in [-0.05, 0) is 48.0 Å². The molecule has 0 aliphatic carbocycles. The van der Waals surface area contributed by atoms with Crippen LogP contribution in [0.4, 0.5) is 11.4 Å². The zero-order valence-electron chi connectivity index (χ0n) is 14.0. The van der Waals surface area contributed by atoms with Gasteiger partial charge in [0, 0.05) is 17.6 Å². The number of nitrogens with zero attached hydrogens (tertiary/aromatic N) is 1. The van der Waals surface area contributed by atoms with Crippen LogP contribution in [0.2, 0.25) is 0 Å². The molecule has 0 saturated heterocycles. The summed E-state index contributed by atoms with van der Waals surface area (Å²) in [7, 11) is 1.38. The van der Waals surface area contributed by atoms with E-state index in [0.29, 0.717) is 5.56 Å². The second-order valence-corrected chi connectivity index (χ2v) is 5.47. The molecule has 0 spiro atoms. The van der Waals surface area contributed by atoms with Gasteiger partial charge in [0.1, 0.15) is 0 Å². The van der Waals surface area contributed by atoms with Gasteiger partial charge in [-0.2, -0.15) is 0 Å². The van der Waals surface area contributed by atoms with Gasteiger partial charge in [0.2, 0.25) is 0 Å². The summed E-state index contributed by atoms with van der Waals surface area (Å²) in [5.41, 5.74) is 3.71. The first kappa shape index (κ1) is 16.5. The molecule has 3 nitrogen and oxygen atoms in total. The monoisotopic (exact) mass is 329 g/mol. The van der Waals surface area contributed by atoms with E-state index in [9.17, 15) is 4.79 Å². The summed E-state index contributed by atoms with van der Waals surface area (Å²) in [6.45, 7) is 0. The smallest absolute Gasteiger partial charge is 0.337 e. The summed E-state index contributed by atoms with van der Waals surface area (Å²) in [4.78, 5) is 13.6. The van der Waals surface area contributed by atoms with Crippen molar-refractivity contribution in [2.45, 2.75) is 0 Å². The first-order valence-electron chi connectivity index (χ1n) is 8.04. The number of carbonyl (C=O) groups is 1. The number of anilines is 2. The van der Waals surface area contributed by atoms with E-state index in [2.05, 4.69) is 29.2 Å². The third-order valence-electron chi connectivity index (χ3n) is 3.82. The molecule has 0 radical (unpaired) electrons. The number of para-hydroxylation sites is 2. The fourth-order valence-corrected chi connectivity index (χ4v) is 2.51. The average molecular weight is 329 g/mol. The largest absolute Gasteiger partial charge is 0.465 e. The van der Waals surface area contributed by atoms with Crippen molar-refractivity contribution in [3.8, 4) is 0 Å². The first-order valence-corrected chi connectivity index (χ1v) is 8.04. The van der Waals surface area contributed by atoms with Crippen LogP contribution < -0.4 is 4.90 Å². The van der Waals surface area contributed by atoms with Crippen LogP contribution in [0.5, 0.6) is 0 Å². The highest BCUT2D eigenvalue weighted by atomic mass is 16.5. The van der Waals surface area contributed by atoms with E-state index in [1.165, 1.54) is 7.11 Å². The topological polar surface area (TPSA) is 29.5 Å². The van der Waals surface area contributed by atoms with Crippen LogP contribution in [0.1, 0.15) is 15.9 Å². The summed E-state index contributed by atoms with van der Waals surface area (Å²) in [6, 6.07) is 27.7. The summed E-state index contributed by atoms with van der Waals surface area (Å²) in [5, 5.41) is 0. The molecule has 0 saturated carbocycles. The van der Waals surface area contributed by atoms with Gasteiger partial charge in [-0.1, -0.05) is 48.5 Å². The second kappa shape index (κ2) is 7.97. The second-order valence-electron chi connectivity index (χ2n) is 5.47. The lowest BCUT2D eigenvalue weighted by atomic mass is 10.1. The van der Waals surface area contributed by atoms with Crippen molar-refractivity contribution in [2.24, 2.45) is 0 Å². The lowest BCUT2D eigenvalue weighted by Gasteiger charge is -2.20. The molecular weight excluding hydrogens is 310 g/mol. The highest BCUT2D eigenvalue weighted by Gasteiger charge is 2.06. The number of hydrogen-bond donors (Lipinski definition) is 0. The molecule has 0 aliphatic rings. The maximum atomic E-state index is 11.5. The molecular formula is C22H19NO2. The molecule has 3 aromatic rings. The van der Waals surface area contributed by atoms with Gasteiger partial charge in [-0.3, -0.25) is 0 Å². The Hall–Kier alpha value is -3.33. The number of methoxy groups -OCH3 is 1. The predicted octanol–water partition coefficient (Wildman–Crippen LogP) is 5.28. The van der Waals surface area contributed by atoms with Gasteiger partial charge in [0.25, 0.3) is 0 Å². The van der Waals surface area contributed by atoms with Crippen LogP contribution in [0.15, 0.2) is 91.1 Å². The minimum absolute atomic E-state index is 0.328. The SMILES string of the molecule is COC(=O)c1ccc(/C=C/N(c2ccccc2)c2ccccc2)cc1. The van der Waals surface area contributed by atoms with E-state index in [1.807, 2.05) is 60.8 Å². The van der Waals surface area contributed by atoms with Crippen LogP contribution in [0.25, 0.3) is 6.08 Å². The Kier molecular flexibility index (Phi) is 5.27. The first-order chi connectivity index (χ1) is 12.3. The van der Waals surface area contributed by atoms with Crippen molar-refractivity contribution in [1.82, 2.24) is 0 Å². The van der Waals surface area contributed by atoms with Gasteiger partial charge < -0.3 is 9.64 Å². The maximum absolute atomic E-state index is 11.5. The lowest BCUT2D eigenvalue weighted by Crippen LogP contribution is -2.07. The fourth-order valence-electron chi connectivity index (χ4n) is 2.51. The lowest BCUT2D eigenvalue weighted by molar-refractivity contribution is 0.0600. The molecule has 0 fully saturated rings. The van der Waals surface area contributed by atoms with E-state index in [0.717, 1.165) is 16.9 Å². The summed E-state index contributed by atoms with van der Waals surface area (Å²) < 4.78 is 4.72. The van der Waals surface area contributed by atoms with E-state index in [4.69, 9.17) is 4.74 Å². The third kappa shape index (κ3) is 4.15. The van der Waals surface area contributed by atoms with Crippen molar-refractivity contribution >= 4 is 23.4 Å². The van der Waals surface area contributed by atoms with Crippen molar-refractivity contribution in [3.63, 3.8) is 0 Å². The Morgan fingerprint density at radius 2 is 1.32 bits per heavy atom.